The Bertz CT molecular complexity index is 766. The van der Waals surface area contributed by atoms with Gasteiger partial charge in [-0.2, -0.15) is 0 Å². The maximum atomic E-state index is 6.11. The van der Waals surface area contributed by atoms with Gasteiger partial charge in [-0.15, -0.1) is 22.9 Å². The summed E-state index contributed by atoms with van der Waals surface area (Å²) in [6.07, 6.45) is 3.57. The summed E-state index contributed by atoms with van der Waals surface area (Å²) in [5.41, 5.74) is 5.76. The fraction of sp³-hybridized carbons (Fsp3) is 0.176. The molecule has 0 radical (unpaired) electrons. The van der Waals surface area contributed by atoms with E-state index in [9.17, 15) is 0 Å². The van der Waals surface area contributed by atoms with Gasteiger partial charge in [0.05, 0.1) is 11.6 Å². The van der Waals surface area contributed by atoms with Crippen LogP contribution in [0.3, 0.4) is 0 Å². The highest BCUT2D eigenvalue weighted by Gasteiger charge is 2.14. The second-order valence-electron chi connectivity index (χ2n) is 4.96. The van der Waals surface area contributed by atoms with E-state index >= 15 is 0 Å². The lowest BCUT2D eigenvalue weighted by Crippen LogP contribution is -1.87. The fourth-order valence-electron chi connectivity index (χ4n) is 2.17. The molecule has 0 amide bonds. The summed E-state index contributed by atoms with van der Waals surface area (Å²) in [5, 5.41) is 0.987. The van der Waals surface area contributed by atoms with Crippen LogP contribution in [0.2, 0.25) is 0 Å². The number of rotatable bonds is 3. The molecule has 1 aromatic carbocycles. The van der Waals surface area contributed by atoms with Crippen LogP contribution in [0, 0.1) is 13.8 Å². The first-order valence-electron chi connectivity index (χ1n) is 6.72. The maximum Gasteiger partial charge on any atom is 0.124 e. The number of thiazole rings is 1. The SMILES string of the molecule is Cc1ccc(-c2nc(-c3ccncc3)sc2CCl)cc1C. The van der Waals surface area contributed by atoms with Crippen molar-refractivity contribution in [2.24, 2.45) is 0 Å². The number of alkyl halides is 1. The van der Waals surface area contributed by atoms with Crippen LogP contribution in [0.4, 0.5) is 0 Å². The molecule has 0 saturated carbocycles. The number of hydrogen-bond donors (Lipinski definition) is 0. The normalized spacial score (nSPS) is 10.8. The van der Waals surface area contributed by atoms with E-state index in [0.29, 0.717) is 5.88 Å². The Kier molecular flexibility index (Phi) is 4.04. The minimum Gasteiger partial charge on any atom is -0.265 e. The van der Waals surface area contributed by atoms with E-state index in [0.717, 1.165) is 26.7 Å². The molecule has 3 aromatic rings. The standard InChI is InChI=1S/C17H15ClN2S/c1-11-3-4-14(9-12(11)2)16-15(10-18)21-17(20-16)13-5-7-19-8-6-13/h3-9H,10H2,1-2H3. The lowest BCUT2D eigenvalue weighted by Gasteiger charge is -2.04. The monoisotopic (exact) mass is 314 g/mol. The molecule has 0 aliphatic heterocycles. The second kappa shape index (κ2) is 5.96. The topological polar surface area (TPSA) is 25.8 Å². The van der Waals surface area contributed by atoms with Gasteiger partial charge in [-0.05, 0) is 43.2 Å². The summed E-state index contributed by atoms with van der Waals surface area (Å²) in [6.45, 7) is 4.24. The zero-order chi connectivity index (χ0) is 14.8. The van der Waals surface area contributed by atoms with Gasteiger partial charge in [-0.1, -0.05) is 12.1 Å². The summed E-state index contributed by atoms with van der Waals surface area (Å²) in [7, 11) is 0. The molecule has 0 fully saturated rings. The Morgan fingerprint density at radius 2 is 1.76 bits per heavy atom. The van der Waals surface area contributed by atoms with Crippen LogP contribution in [0.25, 0.3) is 21.8 Å². The molecule has 4 heteroatoms. The van der Waals surface area contributed by atoms with Crippen molar-refractivity contribution in [1.29, 1.82) is 0 Å². The van der Waals surface area contributed by atoms with Crippen molar-refractivity contribution in [2.75, 3.05) is 0 Å². The molecule has 0 saturated heterocycles. The average molecular weight is 315 g/mol. The lowest BCUT2D eigenvalue weighted by atomic mass is 10.0. The summed E-state index contributed by atoms with van der Waals surface area (Å²) >= 11 is 7.76. The van der Waals surface area contributed by atoms with Gasteiger partial charge in [-0.25, -0.2) is 4.98 Å². The van der Waals surface area contributed by atoms with E-state index in [4.69, 9.17) is 16.6 Å². The Labute approximate surface area is 133 Å². The first-order chi connectivity index (χ1) is 10.2. The first kappa shape index (κ1) is 14.2. The highest BCUT2D eigenvalue weighted by molar-refractivity contribution is 7.15. The van der Waals surface area contributed by atoms with Crippen LogP contribution < -0.4 is 0 Å². The number of aromatic nitrogens is 2. The molecule has 106 valence electrons. The third kappa shape index (κ3) is 2.85. The van der Waals surface area contributed by atoms with Crippen molar-refractivity contribution in [1.82, 2.24) is 9.97 Å². The minimum absolute atomic E-state index is 0.477. The molecule has 0 unspecified atom stereocenters. The number of halogens is 1. The molecule has 0 aliphatic carbocycles. The van der Waals surface area contributed by atoms with Crippen LogP contribution in [-0.2, 0) is 5.88 Å². The molecule has 0 aliphatic rings. The van der Waals surface area contributed by atoms with E-state index in [1.54, 1.807) is 23.7 Å². The van der Waals surface area contributed by atoms with Gasteiger partial charge >= 0.3 is 0 Å². The van der Waals surface area contributed by atoms with Crippen molar-refractivity contribution >= 4 is 22.9 Å². The number of benzene rings is 1. The Hall–Kier alpha value is -1.71. The Morgan fingerprint density at radius 1 is 1.00 bits per heavy atom. The van der Waals surface area contributed by atoms with Crippen LogP contribution in [0.5, 0.6) is 0 Å². The molecule has 0 spiro atoms. The van der Waals surface area contributed by atoms with E-state index in [1.165, 1.54) is 11.1 Å². The molecule has 2 heterocycles. The summed E-state index contributed by atoms with van der Waals surface area (Å²) < 4.78 is 0. The zero-order valence-electron chi connectivity index (χ0n) is 11.9. The van der Waals surface area contributed by atoms with E-state index in [1.807, 2.05) is 12.1 Å². The Morgan fingerprint density at radius 3 is 2.43 bits per heavy atom. The number of hydrogen-bond acceptors (Lipinski definition) is 3. The van der Waals surface area contributed by atoms with Gasteiger partial charge in [0.1, 0.15) is 5.01 Å². The summed E-state index contributed by atoms with van der Waals surface area (Å²) in [6, 6.07) is 10.4. The minimum atomic E-state index is 0.477. The van der Waals surface area contributed by atoms with Gasteiger partial charge in [0.2, 0.25) is 0 Å². The number of aryl methyl sites for hydroxylation is 2. The van der Waals surface area contributed by atoms with Gasteiger partial charge < -0.3 is 0 Å². The molecule has 0 atom stereocenters. The quantitative estimate of drug-likeness (QED) is 0.619. The molecule has 0 N–H and O–H groups in total. The predicted octanol–water partition coefficient (Wildman–Crippen LogP) is 5.23. The van der Waals surface area contributed by atoms with Crippen molar-refractivity contribution in [3.8, 4) is 21.8 Å². The molecule has 0 bridgehead atoms. The Balaban J connectivity index is 2.10. The molecular formula is C17H15ClN2S. The molecule has 3 rings (SSSR count). The predicted molar refractivity (Wildman–Crippen MR) is 89.8 cm³/mol. The van der Waals surface area contributed by atoms with Crippen molar-refractivity contribution in [3.05, 3.63) is 58.7 Å². The maximum absolute atomic E-state index is 6.11. The van der Waals surface area contributed by atoms with Crippen LogP contribution in [0.15, 0.2) is 42.7 Å². The summed E-state index contributed by atoms with van der Waals surface area (Å²) in [5.74, 6) is 0.477. The highest BCUT2D eigenvalue weighted by atomic mass is 35.5. The third-order valence-corrected chi connectivity index (χ3v) is 5.06. The van der Waals surface area contributed by atoms with Crippen molar-refractivity contribution < 1.29 is 0 Å². The van der Waals surface area contributed by atoms with Gasteiger partial charge in [0, 0.05) is 28.4 Å². The van der Waals surface area contributed by atoms with E-state index in [2.05, 4.69) is 37.0 Å². The molecular weight excluding hydrogens is 300 g/mol. The fourth-order valence-corrected chi connectivity index (χ4v) is 3.40. The second-order valence-corrected chi connectivity index (χ2v) is 6.31. The highest BCUT2D eigenvalue weighted by Crippen LogP contribution is 2.35. The van der Waals surface area contributed by atoms with Crippen molar-refractivity contribution in [3.63, 3.8) is 0 Å². The number of nitrogens with zero attached hydrogens (tertiary/aromatic N) is 2. The van der Waals surface area contributed by atoms with Gasteiger partial charge in [-0.3, -0.25) is 4.98 Å². The van der Waals surface area contributed by atoms with Crippen molar-refractivity contribution in [2.45, 2.75) is 19.7 Å². The van der Waals surface area contributed by atoms with Crippen LogP contribution in [-0.4, -0.2) is 9.97 Å². The molecule has 21 heavy (non-hydrogen) atoms. The molecule has 2 aromatic heterocycles. The smallest absolute Gasteiger partial charge is 0.124 e. The largest absolute Gasteiger partial charge is 0.265 e. The van der Waals surface area contributed by atoms with Crippen LogP contribution in [0.1, 0.15) is 16.0 Å². The van der Waals surface area contributed by atoms with E-state index < -0.39 is 0 Å². The average Bonchev–Trinajstić information content (AvgIpc) is 2.95. The van der Waals surface area contributed by atoms with Gasteiger partial charge in [0.25, 0.3) is 0 Å². The first-order valence-corrected chi connectivity index (χ1v) is 8.08. The van der Waals surface area contributed by atoms with Gasteiger partial charge in [0.15, 0.2) is 0 Å². The zero-order valence-corrected chi connectivity index (χ0v) is 13.5. The molecule has 2 nitrogen and oxygen atoms in total. The third-order valence-electron chi connectivity index (χ3n) is 3.53. The number of pyridine rings is 1. The lowest BCUT2D eigenvalue weighted by molar-refractivity contribution is 1.30. The van der Waals surface area contributed by atoms with Crippen LogP contribution >= 0.6 is 22.9 Å². The van der Waals surface area contributed by atoms with E-state index in [-0.39, 0.29) is 0 Å². The summed E-state index contributed by atoms with van der Waals surface area (Å²) in [4.78, 5) is 9.95.